The maximum absolute atomic E-state index is 11.9. The minimum absolute atomic E-state index is 0.0717. The molecule has 2 rings (SSSR count). The predicted molar refractivity (Wildman–Crippen MR) is 80.5 cm³/mol. The maximum atomic E-state index is 11.9. The van der Waals surface area contributed by atoms with Crippen molar-refractivity contribution in [3.63, 3.8) is 0 Å². The van der Waals surface area contributed by atoms with Crippen LogP contribution in [-0.4, -0.2) is 24.0 Å². The van der Waals surface area contributed by atoms with E-state index in [1.165, 1.54) is 24.5 Å². The monoisotopic (exact) mass is 306 g/mol. The lowest BCUT2D eigenvalue weighted by Crippen LogP contribution is -2.32. The van der Waals surface area contributed by atoms with E-state index in [-0.39, 0.29) is 5.69 Å². The largest absolute Gasteiger partial charge is 0.467 e. The lowest BCUT2D eigenvalue weighted by atomic mass is 10.1. The second-order valence-corrected chi connectivity index (χ2v) is 5.31. The Labute approximate surface area is 125 Å². The van der Waals surface area contributed by atoms with Crippen LogP contribution in [0.15, 0.2) is 41.8 Å². The summed E-state index contributed by atoms with van der Waals surface area (Å²) in [6.07, 6.45) is 0.413. The van der Waals surface area contributed by atoms with Crippen LogP contribution in [0.3, 0.4) is 0 Å². The quantitative estimate of drug-likeness (QED) is 0.504. The summed E-state index contributed by atoms with van der Waals surface area (Å²) >= 11 is 1.52. The van der Waals surface area contributed by atoms with Gasteiger partial charge in [-0.1, -0.05) is 18.2 Å². The van der Waals surface area contributed by atoms with Crippen molar-refractivity contribution < 1.29 is 14.5 Å². The Balaban J connectivity index is 2.23. The van der Waals surface area contributed by atoms with Gasteiger partial charge in [0.1, 0.15) is 11.7 Å². The summed E-state index contributed by atoms with van der Waals surface area (Å²) in [7, 11) is 1.30. The maximum Gasteiger partial charge on any atom is 0.328 e. The summed E-state index contributed by atoms with van der Waals surface area (Å²) in [5.74, 6) is -0.457. The smallest absolute Gasteiger partial charge is 0.328 e. The summed E-state index contributed by atoms with van der Waals surface area (Å²) in [4.78, 5) is 23.4. The Morgan fingerprint density at radius 3 is 2.76 bits per heavy atom. The molecule has 7 heteroatoms. The number of rotatable bonds is 6. The van der Waals surface area contributed by atoms with Gasteiger partial charge < -0.3 is 10.1 Å². The van der Waals surface area contributed by atoms with Gasteiger partial charge in [0.15, 0.2) is 0 Å². The highest BCUT2D eigenvalue weighted by Crippen LogP contribution is 2.25. The predicted octanol–water partition coefficient (Wildman–Crippen LogP) is 2.85. The van der Waals surface area contributed by atoms with Crippen molar-refractivity contribution in [2.24, 2.45) is 0 Å². The van der Waals surface area contributed by atoms with Crippen LogP contribution in [0, 0.1) is 10.1 Å². The zero-order valence-corrected chi connectivity index (χ0v) is 12.1. The van der Waals surface area contributed by atoms with Crippen LogP contribution in [0.4, 0.5) is 11.4 Å². The van der Waals surface area contributed by atoms with Crippen molar-refractivity contribution >= 4 is 28.7 Å². The number of nitrogens with zero attached hydrogens (tertiary/aromatic N) is 1. The lowest BCUT2D eigenvalue weighted by Gasteiger charge is -2.16. The van der Waals surface area contributed by atoms with E-state index in [4.69, 9.17) is 4.74 Å². The van der Waals surface area contributed by atoms with Crippen molar-refractivity contribution in [1.82, 2.24) is 0 Å². The number of thiophene rings is 1. The second kappa shape index (κ2) is 6.85. The third-order valence-electron chi connectivity index (χ3n) is 2.90. The van der Waals surface area contributed by atoms with Crippen molar-refractivity contribution in [3.8, 4) is 0 Å². The molecule has 1 aromatic heterocycles. The number of benzene rings is 1. The van der Waals surface area contributed by atoms with E-state index in [0.29, 0.717) is 12.1 Å². The summed E-state index contributed by atoms with van der Waals surface area (Å²) in [5.41, 5.74) is 0.229. The number of nitro groups is 1. The summed E-state index contributed by atoms with van der Waals surface area (Å²) < 4.78 is 4.77. The number of carbonyl (C=O) groups is 1. The number of anilines is 1. The van der Waals surface area contributed by atoms with Crippen molar-refractivity contribution in [3.05, 3.63) is 56.8 Å². The van der Waals surface area contributed by atoms with Crippen LogP contribution in [0.1, 0.15) is 4.88 Å². The lowest BCUT2D eigenvalue weighted by molar-refractivity contribution is -0.384. The first-order valence-corrected chi connectivity index (χ1v) is 7.10. The highest BCUT2D eigenvalue weighted by Gasteiger charge is 2.23. The number of carbonyl (C=O) groups excluding carboxylic acids is 1. The van der Waals surface area contributed by atoms with Crippen LogP contribution < -0.4 is 5.32 Å². The molecule has 0 spiro atoms. The first kappa shape index (κ1) is 15.0. The average molecular weight is 306 g/mol. The molecule has 0 aliphatic rings. The molecular formula is C14H14N2O4S. The third-order valence-corrected chi connectivity index (χ3v) is 3.80. The molecule has 0 amide bonds. The fourth-order valence-electron chi connectivity index (χ4n) is 1.91. The van der Waals surface area contributed by atoms with Gasteiger partial charge >= 0.3 is 5.97 Å². The van der Waals surface area contributed by atoms with Gasteiger partial charge in [-0.25, -0.2) is 4.79 Å². The second-order valence-electron chi connectivity index (χ2n) is 4.28. The molecule has 1 heterocycles. The Morgan fingerprint density at radius 2 is 2.14 bits per heavy atom. The summed E-state index contributed by atoms with van der Waals surface area (Å²) in [6.45, 7) is 0. The van der Waals surface area contributed by atoms with E-state index in [0.717, 1.165) is 4.88 Å². The molecule has 0 saturated heterocycles. The molecular weight excluding hydrogens is 292 g/mol. The van der Waals surface area contributed by atoms with Gasteiger partial charge in [0.05, 0.1) is 12.0 Å². The number of nitrogens with one attached hydrogen (secondary N) is 1. The number of hydrogen-bond donors (Lipinski definition) is 1. The van der Waals surface area contributed by atoms with Crippen LogP contribution in [0.2, 0.25) is 0 Å². The zero-order valence-electron chi connectivity index (χ0n) is 11.3. The fourth-order valence-corrected chi connectivity index (χ4v) is 2.66. The van der Waals surface area contributed by atoms with E-state index >= 15 is 0 Å². The van der Waals surface area contributed by atoms with Gasteiger partial charge in [-0.05, 0) is 17.5 Å². The van der Waals surface area contributed by atoms with Gasteiger partial charge in [0.25, 0.3) is 5.69 Å². The Morgan fingerprint density at radius 1 is 1.38 bits per heavy atom. The number of para-hydroxylation sites is 2. The Hall–Kier alpha value is -2.41. The van der Waals surface area contributed by atoms with Crippen molar-refractivity contribution in [2.45, 2.75) is 12.5 Å². The summed E-state index contributed by atoms with van der Waals surface area (Å²) in [6, 6.07) is 9.34. The topological polar surface area (TPSA) is 81.5 Å². The molecule has 110 valence electrons. The number of ether oxygens (including phenoxy) is 1. The molecule has 1 N–H and O–H groups in total. The van der Waals surface area contributed by atoms with Crippen LogP contribution >= 0.6 is 11.3 Å². The normalized spacial score (nSPS) is 11.7. The van der Waals surface area contributed by atoms with Gasteiger partial charge in [-0.15, -0.1) is 11.3 Å². The van der Waals surface area contributed by atoms with E-state index in [1.54, 1.807) is 18.2 Å². The molecule has 1 atom stereocenters. The van der Waals surface area contributed by atoms with E-state index in [2.05, 4.69) is 5.32 Å². The number of nitro benzene ring substituents is 1. The van der Waals surface area contributed by atoms with E-state index in [1.807, 2.05) is 17.5 Å². The molecule has 1 aromatic carbocycles. The molecule has 0 aliphatic heterocycles. The first-order valence-electron chi connectivity index (χ1n) is 6.22. The van der Waals surface area contributed by atoms with Crippen LogP contribution in [0.5, 0.6) is 0 Å². The summed E-state index contributed by atoms with van der Waals surface area (Å²) in [5, 5.41) is 15.8. The Kier molecular flexibility index (Phi) is 4.89. The number of esters is 1. The van der Waals surface area contributed by atoms with Crippen LogP contribution in [0.25, 0.3) is 0 Å². The van der Waals surface area contributed by atoms with Gasteiger partial charge in [0.2, 0.25) is 0 Å². The molecule has 6 nitrogen and oxygen atoms in total. The van der Waals surface area contributed by atoms with Crippen molar-refractivity contribution in [1.29, 1.82) is 0 Å². The standard InChI is InChI=1S/C14H14N2O4S/c1-20-14(17)12(9-10-5-4-8-21-10)15-11-6-2-3-7-13(11)16(18)19/h2-8,12,15H,9H2,1H3. The molecule has 0 saturated carbocycles. The highest BCUT2D eigenvalue weighted by atomic mass is 32.1. The van der Waals surface area contributed by atoms with Crippen molar-refractivity contribution in [2.75, 3.05) is 12.4 Å². The molecule has 0 radical (unpaired) electrons. The van der Waals surface area contributed by atoms with Gasteiger partial charge in [-0.3, -0.25) is 10.1 Å². The first-order chi connectivity index (χ1) is 10.1. The molecule has 0 fully saturated rings. The van der Waals surface area contributed by atoms with Gasteiger partial charge in [0, 0.05) is 17.4 Å². The molecule has 2 aromatic rings. The minimum atomic E-state index is -0.672. The third kappa shape index (κ3) is 3.79. The number of methoxy groups -OCH3 is 1. The van der Waals surface area contributed by atoms with Gasteiger partial charge in [-0.2, -0.15) is 0 Å². The zero-order chi connectivity index (χ0) is 15.2. The molecule has 0 bridgehead atoms. The SMILES string of the molecule is COC(=O)C(Cc1cccs1)Nc1ccccc1[N+](=O)[O-]. The Bertz CT molecular complexity index is 628. The van der Waals surface area contributed by atoms with Crippen LogP contribution in [-0.2, 0) is 16.0 Å². The van der Waals surface area contributed by atoms with E-state index < -0.39 is 16.9 Å². The number of hydrogen-bond acceptors (Lipinski definition) is 6. The molecule has 21 heavy (non-hydrogen) atoms. The molecule has 1 unspecified atom stereocenters. The molecule has 0 aliphatic carbocycles. The highest BCUT2D eigenvalue weighted by molar-refractivity contribution is 7.09. The fraction of sp³-hybridized carbons (Fsp3) is 0.214. The van der Waals surface area contributed by atoms with E-state index in [9.17, 15) is 14.9 Å². The average Bonchev–Trinajstić information content (AvgIpc) is 2.99. The minimum Gasteiger partial charge on any atom is -0.467 e.